The van der Waals surface area contributed by atoms with E-state index < -0.39 is 0 Å². The van der Waals surface area contributed by atoms with Gasteiger partial charge in [0.25, 0.3) is 0 Å². The summed E-state index contributed by atoms with van der Waals surface area (Å²) < 4.78 is 2.16. The molecule has 27 heavy (non-hydrogen) atoms. The van der Waals surface area contributed by atoms with E-state index in [0.717, 1.165) is 33.7 Å². The molecule has 3 aromatic carbocycles. The highest BCUT2D eigenvalue weighted by molar-refractivity contribution is 5.91. The molecular weight excluding hydrogens is 334 g/mol. The van der Waals surface area contributed by atoms with Gasteiger partial charge in [-0.1, -0.05) is 48.5 Å². The van der Waals surface area contributed by atoms with E-state index in [1.165, 1.54) is 6.08 Å². The summed E-state index contributed by atoms with van der Waals surface area (Å²) in [5, 5.41) is 2.59. The number of fused-ring (bicyclic) bond motifs is 1. The van der Waals surface area contributed by atoms with Crippen molar-refractivity contribution in [3.05, 3.63) is 90.5 Å². The maximum absolute atomic E-state index is 11.5. The Kier molecular flexibility index (Phi) is 4.54. The summed E-state index contributed by atoms with van der Waals surface area (Å²) in [6.45, 7) is 0. The van der Waals surface area contributed by atoms with Gasteiger partial charge in [0.2, 0.25) is 5.91 Å². The number of likely N-dealkylation sites (N-methyl/N-ethyl adjacent to an activating group) is 1. The number of amides is 1. The number of hydrogen-bond acceptors (Lipinski definition) is 2. The molecule has 0 radical (unpaired) electrons. The SMILES string of the molecule is CNC(=O)/C=C/c1cccc(-c2nc3ccccc3n2-c2ccccc2)c1. The molecule has 0 spiro atoms. The summed E-state index contributed by atoms with van der Waals surface area (Å²) in [6.07, 6.45) is 3.33. The fourth-order valence-electron chi connectivity index (χ4n) is 3.09. The van der Waals surface area contributed by atoms with E-state index in [2.05, 4.69) is 28.1 Å². The van der Waals surface area contributed by atoms with Crippen molar-refractivity contribution in [3.8, 4) is 17.1 Å². The Hall–Kier alpha value is -3.66. The lowest BCUT2D eigenvalue weighted by Gasteiger charge is -2.10. The summed E-state index contributed by atoms with van der Waals surface area (Å²) in [4.78, 5) is 16.4. The molecule has 0 saturated heterocycles. The number of aromatic nitrogens is 2. The zero-order chi connectivity index (χ0) is 18.6. The van der Waals surface area contributed by atoms with Gasteiger partial charge < -0.3 is 5.32 Å². The molecule has 4 heteroatoms. The lowest BCUT2D eigenvalue weighted by Crippen LogP contribution is -2.13. The van der Waals surface area contributed by atoms with Crippen molar-refractivity contribution in [1.29, 1.82) is 0 Å². The molecule has 0 aliphatic carbocycles. The topological polar surface area (TPSA) is 46.9 Å². The van der Waals surface area contributed by atoms with Crippen molar-refractivity contribution >= 4 is 23.0 Å². The van der Waals surface area contributed by atoms with Gasteiger partial charge in [-0.05, 0) is 42.0 Å². The second-order valence-electron chi connectivity index (χ2n) is 6.17. The van der Waals surface area contributed by atoms with Crippen molar-refractivity contribution < 1.29 is 4.79 Å². The van der Waals surface area contributed by atoms with Gasteiger partial charge in [0, 0.05) is 24.4 Å². The molecule has 0 atom stereocenters. The van der Waals surface area contributed by atoms with Crippen LogP contribution in [0, 0.1) is 0 Å². The monoisotopic (exact) mass is 353 g/mol. The van der Waals surface area contributed by atoms with E-state index in [1.807, 2.05) is 60.7 Å². The highest BCUT2D eigenvalue weighted by Crippen LogP contribution is 2.29. The predicted octanol–water partition coefficient (Wildman–Crippen LogP) is 4.45. The molecular formula is C23H19N3O. The second kappa shape index (κ2) is 7.30. The third kappa shape index (κ3) is 3.37. The Morgan fingerprint density at radius 2 is 1.74 bits per heavy atom. The summed E-state index contributed by atoms with van der Waals surface area (Å²) in [5.41, 5.74) is 5.01. The number of imidazole rings is 1. The predicted molar refractivity (Wildman–Crippen MR) is 110 cm³/mol. The molecule has 1 N–H and O–H groups in total. The molecule has 0 aliphatic rings. The molecule has 4 rings (SSSR count). The number of carbonyl (C=O) groups is 1. The first-order valence-corrected chi connectivity index (χ1v) is 8.79. The molecule has 0 fully saturated rings. The standard InChI is InChI=1S/C23H19N3O/c1-24-22(27)15-14-17-8-7-9-18(16-17)23-25-20-12-5-6-13-21(20)26(23)19-10-3-2-4-11-19/h2-16H,1H3,(H,24,27)/b15-14+. The van der Waals surface area contributed by atoms with Crippen LogP contribution in [-0.2, 0) is 4.79 Å². The van der Waals surface area contributed by atoms with Gasteiger partial charge in [-0.3, -0.25) is 9.36 Å². The van der Waals surface area contributed by atoms with Crippen molar-refractivity contribution in [1.82, 2.24) is 14.9 Å². The first-order valence-electron chi connectivity index (χ1n) is 8.79. The first-order chi connectivity index (χ1) is 13.3. The lowest BCUT2D eigenvalue weighted by atomic mass is 10.1. The number of benzene rings is 3. The fraction of sp³-hybridized carbons (Fsp3) is 0.0435. The molecule has 4 nitrogen and oxygen atoms in total. The number of nitrogens with zero attached hydrogens (tertiary/aromatic N) is 2. The quantitative estimate of drug-likeness (QED) is 0.551. The molecule has 1 amide bonds. The minimum Gasteiger partial charge on any atom is -0.356 e. The van der Waals surface area contributed by atoms with Crippen molar-refractivity contribution in [2.75, 3.05) is 7.05 Å². The van der Waals surface area contributed by atoms with Crippen LogP contribution in [0.1, 0.15) is 5.56 Å². The third-order valence-corrected chi connectivity index (χ3v) is 4.39. The van der Waals surface area contributed by atoms with Crippen LogP contribution >= 0.6 is 0 Å². The first kappa shape index (κ1) is 16.8. The third-order valence-electron chi connectivity index (χ3n) is 4.39. The van der Waals surface area contributed by atoms with Crippen molar-refractivity contribution in [2.24, 2.45) is 0 Å². The van der Waals surface area contributed by atoms with Gasteiger partial charge in [0.15, 0.2) is 0 Å². The minimum absolute atomic E-state index is 0.128. The Morgan fingerprint density at radius 3 is 2.56 bits per heavy atom. The molecule has 1 heterocycles. The molecule has 0 unspecified atom stereocenters. The summed E-state index contributed by atoms with van der Waals surface area (Å²) in [6, 6.07) is 26.4. The van der Waals surface area contributed by atoms with Crippen LogP contribution in [0.5, 0.6) is 0 Å². The Bertz CT molecular complexity index is 1130. The maximum atomic E-state index is 11.5. The summed E-state index contributed by atoms with van der Waals surface area (Å²) >= 11 is 0. The molecule has 132 valence electrons. The highest BCUT2D eigenvalue weighted by Gasteiger charge is 2.13. The second-order valence-corrected chi connectivity index (χ2v) is 6.17. The van der Waals surface area contributed by atoms with E-state index in [0.29, 0.717) is 0 Å². The number of hydrogen-bond donors (Lipinski definition) is 1. The van der Waals surface area contributed by atoms with Gasteiger partial charge in [0.05, 0.1) is 11.0 Å². The normalized spacial score (nSPS) is 11.1. The smallest absolute Gasteiger partial charge is 0.243 e. The van der Waals surface area contributed by atoms with Gasteiger partial charge in [-0.2, -0.15) is 0 Å². The highest BCUT2D eigenvalue weighted by atomic mass is 16.1. The fourth-order valence-corrected chi connectivity index (χ4v) is 3.09. The summed E-state index contributed by atoms with van der Waals surface area (Å²) in [7, 11) is 1.62. The van der Waals surface area contributed by atoms with Crippen LogP contribution in [-0.4, -0.2) is 22.5 Å². The zero-order valence-electron chi connectivity index (χ0n) is 15.0. The van der Waals surface area contributed by atoms with E-state index in [9.17, 15) is 4.79 Å². The van der Waals surface area contributed by atoms with Crippen LogP contribution in [0.3, 0.4) is 0 Å². The number of carbonyl (C=O) groups excluding carboxylic acids is 1. The maximum Gasteiger partial charge on any atom is 0.243 e. The Balaban J connectivity index is 1.87. The molecule has 4 aromatic rings. The average molecular weight is 353 g/mol. The van der Waals surface area contributed by atoms with Crippen LogP contribution < -0.4 is 5.32 Å². The molecule has 0 saturated carbocycles. The molecule has 1 aromatic heterocycles. The largest absolute Gasteiger partial charge is 0.356 e. The van der Waals surface area contributed by atoms with E-state index in [1.54, 1.807) is 13.1 Å². The lowest BCUT2D eigenvalue weighted by molar-refractivity contribution is -0.115. The van der Waals surface area contributed by atoms with Gasteiger partial charge in [-0.25, -0.2) is 4.98 Å². The van der Waals surface area contributed by atoms with Gasteiger partial charge >= 0.3 is 0 Å². The Morgan fingerprint density at radius 1 is 0.963 bits per heavy atom. The molecule has 0 aliphatic heterocycles. The Labute approximate surface area is 157 Å². The molecule has 0 bridgehead atoms. The van der Waals surface area contributed by atoms with E-state index in [4.69, 9.17) is 4.98 Å². The van der Waals surface area contributed by atoms with Crippen LogP contribution in [0.2, 0.25) is 0 Å². The van der Waals surface area contributed by atoms with E-state index in [-0.39, 0.29) is 5.91 Å². The van der Waals surface area contributed by atoms with Crippen molar-refractivity contribution in [3.63, 3.8) is 0 Å². The van der Waals surface area contributed by atoms with Gasteiger partial charge in [0.1, 0.15) is 5.82 Å². The minimum atomic E-state index is -0.128. The van der Waals surface area contributed by atoms with Crippen LogP contribution in [0.25, 0.3) is 34.2 Å². The zero-order valence-corrected chi connectivity index (χ0v) is 15.0. The van der Waals surface area contributed by atoms with Crippen LogP contribution in [0.4, 0.5) is 0 Å². The van der Waals surface area contributed by atoms with Gasteiger partial charge in [-0.15, -0.1) is 0 Å². The van der Waals surface area contributed by atoms with Crippen molar-refractivity contribution in [2.45, 2.75) is 0 Å². The van der Waals surface area contributed by atoms with E-state index >= 15 is 0 Å². The number of para-hydroxylation sites is 3. The van der Waals surface area contributed by atoms with Crippen LogP contribution in [0.15, 0.2) is 84.9 Å². The summed E-state index contributed by atoms with van der Waals surface area (Å²) in [5.74, 6) is 0.745. The number of nitrogens with one attached hydrogen (secondary N) is 1. The average Bonchev–Trinajstić information content (AvgIpc) is 3.12. The number of rotatable bonds is 4.